The number of carbonyl (C=O) groups is 1. The van der Waals surface area contributed by atoms with Gasteiger partial charge in [-0.25, -0.2) is 9.97 Å². The van der Waals surface area contributed by atoms with Crippen molar-refractivity contribution in [1.82, 2.24) is 15.0 Å². The zero-order valence-electron chi connectivity index (χ0n) is 18.8. The first-order chi connectivity index (χ1) is 16.1. The molecule has 0 fully saturated rings. The second-order valence-corrected chi connectivity index (χ2v) is 7.10. The van der Waals surface area contributed by atoms with E-state index in [1.165, 1.54) is 0 Å². The molecule has 0 spiro atoms. The van der Waals surface area contributed by atoms with Crippen molar-refractivity contribution in [3.05, 3.63) is 66.5 Å². The molecule has 0 saturated carbocycles. The van der Waals surface area contributed by atoms with Crippen LogP contribution in [0.3, 0.4) is 0 Å². The third kappa shape index (κ3) is 4.85. The Balaban J connectivity index is 1.80. The lowest BCUT2D eigenvalue weighted by Crippen LogP contribution is -2.12. The Morgan fingerprint density at radius 2 is 1.76 bits per heavy atom. The molecule has 2 aromatic carbocycles. The van der Waals surface area contributed by atoms with Crippen molar-refractivity contribution in [2.75, 3.05) is 30.9 Å². The van der Waals surface area contributed by atoms with Crippen molar-refractivity contribution < 1.29 is 14.3 Å². The maximum atomic E-state index is 12.8. The van der Waals surface area contributed by atoms with Crippen LogP contribution in [-0.2, 0) is 0 Å². The molecule has 168 valence electrons. The highest BCUT2D eigenvalue weighted by Crippen LogP contribution is 2.36. The maximum absolute atomic E-state index is 12.8. The first kappa shape index (κ1) is 22.0. The molecule has 4 aromatic rings. The van der Waals surface area contributed by atoms with Gasteiger partial charge in [0.05, 0.1) is 36.3 Å². The van der Waals surface area contributed by atoms with E-state index in [-0.39, 0.29) is 5.91 Å². The maximum Gasteiger partial charge on any atom is 0.255 e. The monoisotopic (exact) mass is 443 g/mol. The molecule has 0 aliphatic carbocycles. The lowest BCUT2D eigenvalue weighted by atomic mass is 10.0. The van der Waals surface area contributed by atoms with Gasteiger partial charge in [-0.3, -0.25) is 9.78 Å². The second-order valence-electron chi connectivity index (χ2n) is 7.10. The van der Waals surface area contributed by atoms with Crippen LogP contribution in [-0.4, -0.2) is 41.1 Å². The third-order valence-corrected chi connectivity index (χ3v) is 4.90. The molecule has 0 aliphatic rings. The van der Waals surface area contributed by atoms with Crippen LogP contribution in [0.2, 0.25) is 0 Å². The van der Waals surface area contributed by atoms with Gasteiger partial charge in [0.15, 0.2) is 11.5 Å². The van der Waals surface area contributed by atoms with E-state index in [2.05, 4.69) is 20.6 Å². The van der Waals surface area contributed by atoms with Crippen molar-refractivity contribution in [2.45, 2.75) is 13.8 Å². The predicted molar refractivity (Wildman–Crippen MR) is 129 cm³/mol. The van der Waals surface area contributed by atoms with Crippen molar-refractivity contribution >= 4 is 28.4 Å². The van der Waals surface area contributed by atoms with Crippen LogP contribution >= 0.6 is 0 Å². The number of pyridine rings is 1. The van der Waals surface area contributed by atoms with Crippen molar-refractivity contribution in [3.8, 4) is 22.8 Å². The fourth-order valence-corrected chi connectivity index (χ4v) is 3.45. The number of nitrogens with zero attached hydrogens (tertiary/aromatic N) is 3. The fourth-order valence-electron chi connectivity index (χ4n) is 3.45. The summed E-state index contributed by atoms with van der Waals surface area (Å²) in [5.41, 5.74) is 3.31. The van der Waals surface area contributed by atoms with E-state index in [1.807, 2.05) is 44.2 Å². The number of rotatable bonds is 8. The Bertz CT molecular complexity index is 1280. The molecule has 0 aliphatic heterocycles. The molecule has 0 saturated heterocycles. The van der Waals surface area contributed by atoms with Gasteiger partial charge in [0, 0.05) is 35.8 Å². The van der Waals surface area contributed by atoms with Crippen molar-refractivity contribution in [3.63, 3.8) is 0 Å². The summed E-state index contributed by atoms with van der Waals surface area (Å²) in [5, 5.41) is 6.67. The normalized spacial score (nSPS) is 10.6. The first-order valence-corrected chi connectivity index (χ1v) is 10.7. The molecule has 1 amide bonds. The minimum Gasteiger partial charge on any atom is -0.490 e. The zero-order chi connectivity index (χ0) is 23.2. The van der Waals surface area contributed by atoms with E-state index in [9.17, 15) is 4.79 Å². The minimum absolute atomic E-state index is 0.231. The van der Waals surface area contributed by atoms with E-state index in [0.717, 1.165) is 10.9 Å². The molecular formula is C25H25N5O3. The molecular weight excluding hydrogens is 418 g/mol. The quantitative estimate of drug-likeness (QED) is 0.404. The summed E-state index contributed by atoms with van der Waals surface area (Å²) in [4.78, 5) is 26.1. The van der Waals surface area contributed by atoms with E-state index in [0.29, 0.717) is 53.1 Å². The number of carbonyl (C=O) groups excluding carboxylic acids is 1. The van der Waals surface area contributed by atoms with Gasteiger partial charge in [-0.15, -0.1) is 0 Å². The highest BCUT2D eigenvalue weighted by molar-refractivity contribution is 6.05. The summed E-state index contributed by atoms with van der Waals surface area (Å²) >= 11 is 0. The molecule has 0 atom stereocenters. The molecule has 2 aromatic heterocycles. The molecule has 0 bridgehead atoms. The summed E-state index contributed by atoms with van der Waals surface area (Å²) in [6, 6.07) is 14.6. The fraction of sp³-hybridized carbons (Fsp3) is 0.200. The average Bonchev–Trinajstić information content (AvgIpc) is 2.85. The summed E-state index contributed by atoms with van der Waals surface area (Å²) in [7, 11) is 1.76. The number of anilines is 2. The van der Waals surface area contributed by atoms with Gasteiger partial charge >= 0.3 is 0 Å². The lowest BCUT2D eigenvalue weighted by molar-refractivity contribution is 0.102. The van der Waals surface area contributed by atoms with Crippen LogP contribution in [0.15, 0.2) is 60.9 Å². The van der Waals surface area contributed by atoms with Gasteiger partial charge in [-0.2, -0.15) is 0 Å². The highest BCUT2D eigenvalue weighted by atomic mass is 16.5. The molecule has 8 heteroatoms. The number of nitrogens with one attached hydrogen (secondary N) is 2. The van der Waals surface area contributed by atoms with Crippen LogP contribution in [0.25, 0.3) is 22.2 Å². The Morgan fingerprint density at radius 3 is 2.45 bits per heavy atom. The molecule has 4 rings (SSSR count). The van der Waals surface area contributed by atoms with Crippen LogP contribution < -0.4 is 20.1 Å². The van der Waals surface area contributed by atoms with Crippen molar-refractivity contribution in [1.29, 1.82) is 0 Å². The number of ether oxygens (including phenoxy) is 2. The van der Waals surface area contributed by atoms with Gasteiger partial charge in [-0.05, 0) is 44.2 Å². The van der Waals surface area contributed by atoms with E-state index in [1.54, 1.807) is 37.6 Å². The number of hydrogen-bond donors (Lipinski definition) is 2. The van der Waals surface area contributed by atoms with Gasteiger partial charge < -0.3 is 20.1 Å². The number of aromatic nitrogens is 3. The predicted octanol–water partition coefficient (Wildman–Crippen LogP) is 4.78. The van der Waals surface area contributed by atoms with E-state index >= 15 is 0 Å². The van der Waals surface area contributed by atoms with E-state index in [4.69, 9.17) is 14.5 Å². The number of fused-ring (bicyclic) bond motifs is 1. The Hall–Kier alpha value is -4.20. The SMILES string of the molecule is CCOc1cc2nc(NC)nc(-c3cccc(C(=O)Nc4cccnc4)c3)c2cc1OCC. The average molecular weight is 444 g/mol. The molecule has 2 N–H and O–H groups in total. The molecule has 2 heterocycles. The zero-order valence-corrected chi connectivity index (χ0v) is 18.8. The molecule has 8 nitrogen and oxygen atoms in total. The Morgan fingerprint density at radius 1 is 0.970 bits per heavy atom. The van der Waals surface area contributed by atoms with Gasteiger partial charge in [0.1, 0.15) is 0 Å². The number of benzene rings is 2. The lowest BCUT2D eigenvalue weighted by Gasteiger charge is -2.15. The minimum atomic E-state index is -0.231. The van der Waals surface area contributed by atoms with Crippen LogP contribution in [0.4, 0.5) is 11.6 Å². The van der Waals surface area contributed by atoms with Crippen molar-refractivity contribution in [2.24, 2.45) is 0 Å². The van der Waals surface area contributed by atoms with Crippen LogP contribution in [0.1, 0.15) is 24.2 Å². The molecule has 33 heavy (non-hydrogen) atoms. The van der Waals surface area contributed by atoms with Crippen LogP contribution in [0.5, 0.6) is 11.5 Å². The topological polar surface area (TPSA) is 98.3 Å². The summed E-state index contributed by atoms with van der Waals surface area (Å²) < 4.78 is 11.6. The Kier molecular flexibility index (Phi) is 6.64. The number of hydrogen-bond acceptors (Lipinski definition) is 7. The molecule has 0 radical (unpaired) electrons. The molecule has 0 unspecified atom stereocenters. The highest BCUT2D eigenvalue weighted by Gasteiger charge is 2.16. The number of amides is 1. The smallest absolute Gasteiger partial charge is 0.255 e. The standard InChI is InChI=1S/C25H25N5O3/c1-4-32-21-13-19-20(14-22(21)33-5-2)29-25(26-3)30-23(19)16-8-6-9-17(12-16)24(31)28-18-10-7-11-27-15-18/h6-15H,4-5H2,1-3H3,(H,28,31)(H,26,29,30). The summed E-state index contributed by atoms with van der Waals surface area (Å²) in [6.45, 7) is 4.86. The van der Waals surface area contributed by atoms with Crippen LogP contribution in [0, 0.1) is 0 Å². The van der Waals surface area contributed by atoms with E-state index < -0.39 is 0 Å². The van der Waals surface area contributed by atoms with Gasteiger partial charge in [0.2, 0.25) is 5.95 Å². The summed E-state index contributed by atoms with van der Waals surface area (Å²) in [6.07, 6.45) is 3.26. The van der Waals surface area contributed by atoms with Gasteiger partial charge in [-0.1, -0.05) is 12.1 Å². The first-order valence-electron chi connectivity index (χ1n) is 10.7. The largest absolute Gasteiger partial charge is 0.490 e. The second kappa shape index (κ2) is 9.95. The Labute approximate surface area is 192 Å². The summed E-state index contributed by atoms with van der Waals surface area (Å²) in [5.74, 6) is 1.49. The van der Waals surface area contributed by atoms with Gasteiger partial charge in [0.25, 0.3) is 5.91 Å². The third-order valence-electron chi connectivity index (χ3n) is 4.90.